The molecule has 2 aromatic carbocycles. The fourth-order valence-corrected chi connectivity index (χ4v) is 3.72. The number of hydrogen-bond acceptors (Lipinski definition) is 4. The Balaban J connectivity index is 1.49. The number of anilines is 1. The van der Waals surface area contributed by atoms with Gasteiger partial charge in [-0.3, -0.25) is 9.48 Å². The van der Waals surface area contributed by atoms with Gasteiger partial charge in [0.1, 0.15) is 5.75 Å². The van der Waals surface area contributed by atoms with Gasteiger partial charge in [-0.25, -0.2) is 4.79 Å². The van der Waals surface area contributed by atoms with E-state index in [4.69, 9.17) is 0 Å². The van der Waals surface area contributed by atoms with Gasteiger partial charge >= 0.3 is 5.97 Å². The van der Waals surface area contributed by atoms with E-state index in [0.717, 1.165) is 28.1 Å². The van der Waals surface area contributed by atoms with Crippen LogP contribution in [0.5, 0.6) is 5.75 Å². The van der Waals surface area contributed by atoms with Crippen molar-refractivity contribution >= 4 is 17.6 Å². The highest BCUT2D eigenvalue weighted by Crippen LogP contribution is 2.39. The van der Waals surface area contributed by atoms with E-state index in [2.05, 4.69) is 10.4 Å². The van der Waals surface area contributed by atoms with E-state index >= 15 is 0 Å². The number of carboxylic acids is 1. The maximum Gasteiger partial charge on any atom is 0.337 e. The molecule has 0 fully saturated rings. The number of fused-ring (bicyclic) bond motifs is 3. The van der Waals surface area contributed by atoms with Crippen molar-refractivity contribution < 1.29 is 19.8 Å². The molecule has 4 rings (SSSR count). The van der Waals surface area contributed by atoms with Crippen LogP contribution in [0.15, 0.2) is 42.5 Å². The molecule has 1 aromatic heterocycles. The number of phenolic OH excluding ortho intramolecular Hbond substituents is 1. The standard InChI is InChI=1S/C21H19N3O4/c1-24-20-14-7-6-13(25)10-12(14)11-16(20)18(23-24)8-9-19(26)22-17-5-3-2-4-15(17)21(27)28/h2-7,10,25H,8-9,11H2,1H3,(H,22,26)(H,27,28). The Morgan fingerprint density at radius 1 is 1.21 bits per heavy atom. The number of carbonyl (C=O) groups excluding carboxylic acids is 1. The summed E-state index contributed by atoms with van der Waals surface area (Å²) in [4.78, 5) is 23.6. The van der Waals surface area contributed by atoms with E-state index in [0.29, 0.717) is 12.8 Å². The summed E-state index contributed by atoms with van der Waals surface area (Å²) in [5, 5.41) is 26.2. The molecule has 1 aliphatic rings. The number of benzene rings is 2. The second-order valence-electron chi connectivity index (χ2n) is 6.81. The molecule has 0 bridgehead atoms. The van der Waals surface area contributed by atoms with Gasteiger partial charge in [-0.1, -0.05) is 12.1 Å². The fourth-order valence-electron chi connectivity index (χ4n) is 3.72. The second-order valence-corrected chi connectivity index (χ2v) is 6.81. The summed E-state index contributed by atoms with van der Waals surface area (Å²) in [7, 11) is 1.87. The zero-order valence-corrected chi connectivity index (χ0v) is 15.3. The molecule has 1 heterocycles. The first-order valence-electron chi connectivity index (χ1n) is 8.93. The molecule has 7 nitrogen and oxygen atoms in total. The average molecular weight is 377 g/mol. The first-order chi connectivity index (χ1) is 13.4. The van der Waals surface area contributed by atoms with Gasteiger partial charge in [0.2, 0.25) is 5.91 Å². The van der Waals surface area contributed by atoms with Gasteiger partial charge in [-0.15, -0.1) is 0 Å². The number of aromatic carboxylic acids is 1. The molecule has 0 atom stereocenters. The molecule has 0 saturated carbocycles. The van der Waals surface area contributed by atoms with E-state index in [-0.39, 0.29) is 29.3 Å². The summed E-state index contributed by atoms with van der Waals surface area (Å²) >= 11 is 0. The van der Waals surface area contributed by atoms with E-state index in [1.165, 1.54) is 6.07 Å². The Morgan fingerprint density at radius 2 is 2.00 bits per heavy atom. The topological polar surface area (TPSA) is 104 Å². The Bertz CT molecular complexity index is 1100. The van der Waals surface area contributed by atoms with Crippen LogP contribution in [0, 0.1) is 0 Å². The van der Waals surface area contributed by atoms with Crippen LogP contribution >= 0.6 is 0 Å². The first kappa shape index (κ1) is 17.8. The largest absolute Gasteiger partial charge is 0.508 e. The lowest BCUT2D eigenvalue weighted by molar-refractivity contribution is -0.116. The average Bonchev–Trinajstić information content (AvgIpc) is 3.17. The molecule has 0 saturated heterocycles. The van der Waals surface area contributed by atoms with Gasteiger partial charge in [-0.2, -0.15) is 5.10 Å². The fraction of sp³-hybridized carbons (Fsp3) is 0.190. The van der Waals surface area contributed by atoms with Crippen LogP contribution in [0.1, 0.15) is 33.6 Å². The number of amides is 1. The van der Waals surface area contributed by atoms with Crippen molar-refractivity contribution in [3.63, 3.8) is 0 Å². The molecule has 0 unspecified atom stereocenters. The minimum atomic E-state index is -1.08. The van der Waals surface area contributed by atoms with Gasteiger partial charge in [0.15, 0.2) is 0 Å². The third kappa shape index (κ3) is 3.11. The zero-order chi connectivity index (χ0) is 19.8. The molecule has 0 radical (unpaired) electrons. The third-order valence-corrected chi connectivity index (χ3v) is 4.96. The summed E-state index contributed by atoms with van der Waals surface area (Å²) in [5.41, 5.74) is 5.37. The predicted molar refractivity (Wildman–Crippen MR) is 103 cm³/mol. The highest BCUT2D eigenvalue weighted by Gasteiger charge is 2.26. The number of carbonyl (C=O) groups is 2. The van der Waals surface area contributed by atoms with Gasteiger partial charge in [0.05, 0.1) is 22.6 Å². The number of hydrogen-bond donors (Lipinski definition) is 3. The van der Waals surface area contributed by atoms with Crippen molar-refractivity contribution in [1.82, 2.24) is 9.78 Å². The van der Waals surface area contributed by atoms with E-state index in [1.807, 2.05) is 17.8 Å². The number of aromatic hydroxyl groups is 1. The van der Waals surface area contributed by atoms with Crippen molar-refractivity contribution in [2.45, 2.75) is 19.3 Å². The quantitative estimate of drug-likeness (QED) is 0.496. The highest BCUT2D eigenvalue weighted by molar-refractivity contribution is 6.00. The van der Waals surface area contributed by atoms with E-state index in [1.54, 1.807) is 30.3 Å². The summed E-state index contributed by atoms with van der Waals surface area (Å²) in [6.07, 6.45) is 1.31. The Morgan fingerprint density at radius 3 is 2.79 bits per heavy atom. The van der Waals surface area contributed by atoms with Crippen LogP contribution in [0.2, 0.25) is 0 Å². The lowest BCUT2D eigenvalue weighted by atomic mass is 10.1. The number of nitrogens with one attached hydrogen (secondary N) is 1. The van der Waals surface area contributed by atoms with E-state index < -0.39 is 5.97 Å². The molecule has 0 aliphatic heterocycles. The van der Waals surface area contributed by atoms with Crippen molar-refractivity contribution in [3.8, 4) is 17.0 Å². The van der Waals surface area contributed by atoms with Crippen LogP contribution in [0.4, 0.5) is 5.69 Å². The number of rotatable bonds is 5. The molecular formula is C21H19N3O4. The van der Waals surface area contributed by atoms with Gasteiger partial charge in [-0.05, 0) is 35.9 Å². The van der Waals surface area contributed by atoms with Crippen LogP contribution in [0.25, 0.3) is 11.3 Å². The Labute approximate surface area is 161 Å². The SMILES string of the molecule is Cn1nc(CCC(=O)Nc2ccccc2C(=O)O)c2c1-c1ccc(O)cc1C2. The molecular weight excluding hydrogens is 358 g/mol. The first-order valence-corrected chi connectivity index (χ1v) is 8.93. The van der Waals surface area contributed by atoms with Crippen LogP contribution < -0.4 is 5.32 Å². The number of phenols is 1. The minimum Gasteiger partial charge on any atom is -0.508 e. The van der Waals surface area contributed by atoms with Crippen molar-refractivity contribution in [1.29, 1.82) is 0 Å². The number of carboxylic acid groups (broad SMARTS) is 1. The van der Waals surface area contributed by atoms with Crippen molar-refractivity contribution in [3.05, 3.63) is 64.8 Å². The van der Waals surface area contributed by atoms with Crippen molar-refractivity contribution in [2.75, 3.05) is 5.32 Å². The summed E-state index contributed by atoms with van der Waals surface area (Å²) in [6, 6.07) is 11.6. The molecule has 0 spiro atoms. The summed E-state index contributed by atoms with van der Waals surface area (Å²) in [6.45, 7) is 0. The smallest absolute Gasteiger partial charge is 0.337 e. The minimum absolute atomic E-state index is 0.0600. The lowest BCUT2D eigenvalue weighted by Crippen LogP contribution is -2.15. The van der Waals surface area contributed by atoms with Crippen LogP contribution in [-0.2, 0) is 24.7 Å². The third-order valence-electron chi connectivity index (χ3n) is 4.96. The van der Waals surface area contributed by atoms with Gasteiger partial charge in [0.25, 0.3) is 0 Å². The molecule has 28 heavy (non-hydrogen) atoms. The Kier molecular flexibility index (Phi) is 4.35. The van der Waals surface area contributed by atoms with Crippen LogP contribution in [-0.4, -0.2) is 31.9 Å². The van der Waals surface area contributed by atoms with E-state index in [9.17, 15) is 19.8 Å². The lowest BCUT2D eigenvalue weighted by Gasteiger charge is -2.08. The number of para-hydroxylation sites is 1. The van der Waals surface area contributed by atoms with Crippen molar-refractivity contribution in [2.24, 2.45) is 7.05 Å². The van der Waals surface area contributed by atoms with Gasteiger partial charge in [0, 0.05) is 37.4 Å². The number of aryl methyl sites for hydroxylation is 2. The molecule has 142 valence electrons. The molecule has 3 aromatic rings. The zero-order valence-electron chi connectivity index (χ0n) is 15.3. The summed E-state index contributed by atoms with van der Waals surface area (Å²) in [5.74, 6) is -1.11. The highest BCUT2D eigenvalue weighted by atomic mass is 16.4. The normalized spacial score (nSPS) is 11.8. The molecule has 1 aliphatic carbocycles. The number of nitrogens with zero attached hydrogens (tertiary/aromatic N) is 2. The Hall–Kier alpha value is -3.61. The molecule has 1 amide bonds. The maximum atomic E-state index is 12.4. The summed E-state index contributed by atoms with van der Waals surface area (Å²) < 4.78 is 1.81. The molecule has 3 N–H and O–H groups in total. The predicted octanol–water partition coefficient (Wildman–Crippen LogP) is 2.97. The second kappa shape index (κ2) is 6.84. The maximum absolute atomic E-state index is 12.4. The number of aromatic nitrogens is 2. The monoisotopic (exact) mass is 377 g/mol. The molecule has 7 heteroatoms. The van der Waals surface area contributed by atoms with Crippen LogP contribution in [0.3, 0.4) is 0 Å². The van der Waals surface area contributed by atoms with Gasteiger partial charge < -0.3 is 15.5 Å².